The Morgan fingerprint density at radius 2 is 1.51 bits per heavy atom. The van der Waals surface area contributed by atoms with Gasteiger partial charge >= 0.3 is 5.97 Å². The third kappa shape index (κ3) is 11.2. The Morgan fingerprint density at radius 1 is 0.766 bits per heavy atom. The van der Waals surface area contributed by atoms with E-state index >= 15 is 0 Å². The van der Waals surface area contributed by atoms with Gasteiger partial charge in [0.2, 0.25) is 5.91 Å². The Morgan fingerprint density at radius 3 is 2.21 bits per heavy atom. The Labute approximate surface area is 278 Å². The number of carbonyl (C=O) groups is 4. The molecule has 0 heterocycles. The molecule has 9 nitrogen and oxygen atoms in total. The molecule has 0 aliphatic heterocycles. The lowest BCUT2D eigenvalue weighted by Gasteiger charge is -2.12. The zero-order chi connectivity index (χ0) is 33.4. The predicted molar refractivity (Wildman–Crippen MR) is 186 cm³/mol. The molecule has 0 fully saturated rings. The van der Waals surface area contributed by atoms with E-state index in [0.29, 0.717) is 47.0 Å². The minimum Gasteiger partial charge on any atom is -0.494 e. The molecule has 0 aromatic heterocycles. The van der Waals surface area contributed by atoms with Crippen molar-refractivity contribution < 1.29 is 28.7 Å². The summed E-state index contributed by atoms with van der Waals surface area (Å²) in [5.41, 5.74) is 2.64. The molecule has 0 bridgehead atoms. The number of anilines is 2. The van der Waals surface area contributed by atoms with Gasteiger partial charge in [0, 0.05) is 21.8 Å². The molecule has 0 saturated carbocycles. The normalized spacial score (nSPS) is 10.9. The fraction of sp³-hybridized carbons (Fsp3) is 0.189. The van der Waals surface area contributed by atoms with Crippen LogP contribution in [0.25, 0.3) is 6.08 Å². The monoisotopic (exact) mass is 651 g/mol. The minimum atomic E-state index is -0.513. The third-order valence-electron chi connectivity index (χ3n) is 6.63. The van der Waals surface area contributed by atoms with Gasteiger partial charge < -0.3 is 25.4 Å². The number of esters is 1. The quantitative estimate of drug-likeness (QED) is 0.0539. The van der Waals surface area contributed by atoms with Crippen LogP contribution in [0, 0.1) is 0 Å². The topological polar surface area (TPSA) is 123 Å². The number of carbonyl (C=O) groups excluding carboxylic acids is 4. The SMILES string of the molecule is CCCCOC(=O)c1ccc(NC(=O)CSc2cccc(NC(=O)/C(=C\c3ccc(OCC)cc3)NC(=O)c3ccccc3)c2)cc1. The number of ether oxygens (including phenoxy) is 2. The van der Waals surface area contributed by atoms with E-state index in [4.69, 9.17) is 9.47 Å². The van der Waals surface area contributed by atoms with Crippen molar-refractivity contribution in [1.82, 2.24) is 5.32 Å². The Bertz CT molecular complexity index is 1690. The second-order valence-electron chi connectivity index (χ2n) is 10.3. The highest BCUT2D eigenvalue weighted by Gasteiger charge is 2.16. The van der Waals surface area contributed by atoms with Gasteiger partial charge in [0.05, 0.1) is 24.5 Å². The highest BCUT2D eigenvalue weighted by atomic mass is 32.2. The first kappa shape index (κ1) is 34.5. The van der Waals surface area contributed by atoms with Crippen molar-refractivity contribution >= 4 is 52.9 Å². The van der Waals surface area contributed by atoms with E-state index in [1.54, 1.807) is 103 Å². The molecule has 10 heteroatoms. The lowest BCUT2D eigenvalue weighted by Crippen LogP contribution is -2.30. The van der Waals surface area contributed by atoms with E-state index in [1.165, 1.54) is 11.8 Å². The molecule has 47 heavy (non-hydrogen) atoms. The van der Waals surface area contributed by atoms with Crippen molar-refractivity contribution in [1.29, 1.82) is 0 Å². The van der Waals surface area contributed by atoms with Crippen LogP contribution in [0.5, 0.6) is 5.75 Å². The van der Waals surface area contributed by atoms with Crippen molar-refractivity contribution in [3.05, 3.63) is 126 Å². The number of nitrogens with one attached hydrogen (secondary N) is 3. The van der Waals surface area contributed by atoms with Crippen molar-refractivity contribution in [2.45, 2.75) is 31.6 Å². The summed E-state index contributed by atoms with van der Waals surface area (Å²) in [6, 6.07) is 29.4. The Hall–Kier alpha value is -5.35. The van der Waals surface area contributed by atoms with Gasteiger partial charge in [-0.15, -0.1) is 11.8 Å². The van der Waals surface area contributed by atoms with Gasteiger partial charge in [-0.05, 0) is 91.7 Å². The summed E-state index contributed by atoms with van der Waals surface area (Å²) in [4.78, 5) is 51.9. The molecule has 3 amide bonds. The van der Waals surface area contributed by atoms with Crippen molar-refractivity contribution in [3.8, 4) is 5.75 Å². The average Bonchev–Trinajstić information content (AvgIpc) is 3.09. The van der Waals surface area contributed by atoms with Crippen LogP contribution < -0.4 is 20.7 Å². The summed E-state index contributed by atoms with van der Waals surface area (Å²) in [6.45, 7) is 4.83. The van der Waals surface area contributed by atoms with Gasteiger partial charge in [0.1, 0.15) is 11.4 Å². The van der Waals surface area contributed by atoms with Crippen LogP contribution in [0.1, 0.15) is 53.0 Å². The maximum Gasteiger partial charge on any atom is 0.338 e. The first-order valence-corrected chi connectivity index (χ1v) is 16.3. The van der Waals surface area contributed by atoms with E-state index in [0.717, 1.165) is 17.7 Å². The molecule has 242 valence electrons. The standard InChI is InChI=1S/C37H37N3O6S/c1-3-5-22-46-37(44)28-16-18-29(19-17-28)38-34(41)25-47-32-13-9-12-30(24-32)39-36(43)33(40-35(42)27-10-7-6-8-11-27)23-26-14-20-31(21-15-26)45-4-2/h6-21,23-24H,3-5,22,25H2,1-2H3,(H,38,41)(H,39,43)(H,40,42)/b33-23+. The maximum absolute atomic E-state index is 13.4. The summed E-state index contributed by atoms with van der Waals surface area (Å²) >= 11 is 1.30. The van der Waals surface area contributed by atoms with E-state index in [-0.39, 0.29) is 17.4 Å². The fourth-order valence-corrected chi connectivity index (χ4v) is 4.98. The molecule has 3 N–H and O–H groups in total. The first-order chi connectivity index (χ1) is 22.8. The Balaban J connectivity index is 1.38. The van der Waals surface area contributed by atoms with Crippen LogP contribution in [-0.2, 0) is 14.3 Å². The number of rotatable bonds is 15. The molecule has 4 aromatic rings. The molecule has 0 aliphatic carbocycles. The number of amides is 3. The van der Waals surface area contributed by atoms with Gasteiger partial charge in [-0.25, -0.2) is 4.79 Å². The maximum atomic E-state index is 13.4. The van der Waals surface area contributed by atoms with Crippen LogP contribution in [0.2, 0.25) is 0 Å². The number of unbranched alkanes of at least 4 members (excludes halogenated alkanes) is 1. The summed E-state index contributed by atoms with van der Waals surface area (Å²) in [5.74, 6) is -0.739. The molecule has 0 spiro atoms. The molecule has 4 aromatic carbocycles. The van der Waals surface area contributed by atoms with Crippen molar-refractivity contribution in [2.75, 3.05) is 29.6 Å². The van der Waals surface area contributed by atoms with Gasteiger partial charge in [0.25, 0.3) is 11.8 Å². The summed E-state index contributed by atoms with van der Waals surface area (Å²) in [5, 5.41) is 8.41. The van der Waals surface area contributed by atoms with Gasteiger partial charge in [-0.2, -0.15) is 0 Å². The van der Waals surface area contributed by atoms with Gasteiger partial charge in [0.15, 0.2) is 0 Å². The van der Waals surface area contributed by atoms with Gasteiger partial charge in [-0.1, -0.05) is 49.7 Å². The lowest BCUT2D eigenvalue weighted by molar-refractivity contribution is -0.114. The molecule has 0 aliphatic rings. The third-order valence-corrected chi connectivity index (χ3v) is 7.62. The molecular weight excluding hydrogens is 614 g/mol. The molecule has 0 atom stereocenters. The molecule has 0 unspecified atom stereocenters. The van der Waals surface area contributed by atoms with Crippen LogP contribution in [0.3, 0.4) is 0 Å². The van der Waals surface area contributed by atoms with Crippen LogP contribution in [0.15, 0.2) is 114 Å². The number of benzene rings is 4. The van der Waals surface area contributed by atoms with Crippen LogP contribution in [0.4, 0.5) is 11.4 Å². The second kappa shape index (κ2) is 18.0. The van der Waals surface area contributed by atoms with Crippen LogP contribution >= 0.6 is 11.8 Å². The van der Waals surface area contributed by atoms with E-state index < -0.39 is 17.8 Å². The summed E-state index contributed by atoms with van der Waals surface area (Å²) in [7, 11) is 0. The average molecular weight is 652 g/mol. The number of hydrogen-bond acceptors (Lipinski definition) is 7. The lowest BCUT2D eigenvalue weighted by atomic mass is 10.1. The summed E-state index contributed by atoms with van der Waals surface area (Å²) < 4.78 is 10.7. The number of hydrogen-bond donors (Lipinski definition) is 3. The van der Waals surface area contributed by atoms with E-state index in [9.17, 15) is 19.2 Å². The smallest absolute Gasteiger partial charge is 0.338 e. The van der Waals surface area contributed by atoms with Gasteiger partial charge in [-0.3, -0.25) is 14.4 Å². The fourth-order valence-electron chi connectivity index (χ4n) is 4.23. The Kier molecular flexibility index (Phi) is 13.2. The largest absolute Gasteiger partial charge is 0.494 e. The minimum absolute atomic E-state index is 0.0562. The predicted octanol–water partition coefficient (Wildman–Crippen LogP) is 7.18. The van der Waals surface area contributed by atoms with Crippen molar-refractivity contribution in [2.24, 2.45) is 0 Å². The molecule has 0 saturated heterocycles. The van der Waals surface area contributed by atoms with E-state index in [2.05, 4.69) is 16.0 Å². The first-order valence-electron chi connectivity index (χ1n) is 15.3. The zero-order valence-corrected chi connectivity index (χ0v) is 27.1. The highest BCUT2D eigenvalue weighted by Crippen LogP contribution is 2.23. The molecule has 0 radical (unpaired) electrons. The highest BCUT2D eigenvalue weighted by molar-refractivity contribution is 8.00. The van der Waals surface area contributed by atoms with Crippen LogP contribution in [-0.4, -0.2) is 42.7 Å². The molecular formula is C37H37N3O6S. The van der Waals surface area contributed by atoms with Crippen molar-refractivity contribution in [3.63, 3.8) is 0 Å². The zero-order valence-electron chi connectivity index (χ0n) is 26.3. The van der Waals surface area contributed by atoms with E-state index in [1.807, 2.05) is 19.9 Å². The second-order valence-corrected chi connectivity index (χ2v) is 11.3. The molecule has 4 rings (SSSR count). The number of thioether (sulfide) groups is 1. The summed E-state index contributed by atoms with van der Waals surface area (Å²) in [6.07, 6.45) is 3.34.